The number of hydrogen-bond acceptors (Lipinski definition) is 8. The number of nitrogens with one attached hydrogen (secondary N) is 1. The van der Waals surface area contributed by atoms with Gasteiger partial charge in [-0.25, -0.2) is 4.79 Å². The van der Waals surface area contributed by atoms with Gasteiger partial charge in [0.1, 0.15) is 5.84 Å². The van der Waals surface area contributed by atoms with Gasteiger partial charge in [0, 0.05) is 17.7 Å². The first kappa shape index (κ1) is 29.6. The largest absolute Gasteiger partial charge is 0.481 e. The molecule has 1 saturated heterocycles. The molecule has 2 unspecified atom stereocenters. The van der Waals surface area contributed by atoms with E-state index in [-0.39, 0.29) is 24.4 Å². The molecule has 0 aromatic heterocycles. The number of rotatable bonds is 12. The Morgan fingerprint density at radius 2 is 1.65 bits per heavy atom. The predicted octanol–water partition coefficient (Wildman–Crippen LogP) is 0.134. The van der Waals surface area contributed by atoms with Crippen LogP contribution in [0.4, 0.5) is 5.69 Å². The fourth-order valence-electron chi connectivity index (χ4n) is 4.55. The van der Waals surface area contributed by atoms with Crippen molar-refractivity contribution in [2.45, 2.75) is 44.3 Å². The summed E-state index contributed by atoms with van der Waals surface area (Å²) in [5.74, 6) is -7.73. The summed E-state index contributed by atoms with van der Waals surface area (Å²) in [5.41, 5.74) is 12.3. The van der Waals surface area contributed by atoms with Gasteiger partial charge >= 0.3 is 11.9 Å². The van der Waals surface area contributed by atoms with Crippen molar-refractivity contribution in [3.05, 3.63) is 65.7 Å². The molecule has 2 aromatic carbocycles. The highest BCUT2D eigenvalue weighted by molar-refractivity contribution is 6.17. The first-order valence-electron chi connectivity index (χ1n) is 12.2. The van der Waals surface area contributed by atoms with Crippen LogP contribution in [0.15, 0.2) is 54.6 Å². The molecule has 2 aromatic rings. The number of ketones is 1. The van der Waals surface area contributed by atoms with Crippen LogP contribution in [0.25, 0.3) is 0 Å². The number of para-hydroxylation sites is 1. The number of nitrogens with zero attached hydrogens (tertiary/aromatic N) is 2. The average Bonchev–Trinajstić information content (AvgIpc) is 3.18. The van der Waals surface area contributed by atoms with Crippen molar-refractivity contribution in [1.29, 1.82) is 5.41 Å². The quantitative estimate of drug-likeness (QED) is 0.104. The Balaban J connectivity index is 1.89. The Kier molecular flexibility index (Phi) is 9.11. The van der Waals surface area contributed by atoms with E-state index < -0.39 is 65.9 Å². The van der Waals surface area contributed by atoms with Gasteiger partial charge in [0.2, 0.25) is 17.7 Å². The van der Waals surface area contributed by atoms with Crippen molar-refractivity contribution < 1.29 is 39.0 Å². The Labute approximate surface area is 228 Å². The van der Waals surface area contributed by atoms with E-state index in [0.29, 0.717) is 20.9 Å². The Morgan fingerprint density at radius 1 is 1.05 bits per heavy atom. The summed E-state index contributed by atoms with van der Waals surface area (Å²) in [4.78, 5) is 77.7. The summed E-state index contributed by atoms with van der Waals surface area (Å²) in [7, 11) is 0. The van der Waals surface area contributed by atoms with Gasteiger partial charge in [-0.15, -0.1) is 0 Å². The molecule has 0 saturated carbocycles. The fraction of sp³-hybridized carbons (Fsp3) is 0.296. The van der Waals surface area contributed by atoms with Crippen LogP contribution in [0.1, 0.15) is 30.9 Å². The highest BCUT2D eigenvalue weighted by atomic mass is 16.4. The minimum Gasteiger partial charge on any atom is -0.481 e. The molecule has 40 heavy (non-hydrogen) atoms. The third-order valence-corrected chi connectivity index (χ3v) is 6.57. The molecule has 1 fully saturated rings. The van der Waals surface area contributed by atoms with Crippen molar-refractivity contribution >= 4 is 47.0 Å². The molecule has 4 atom stereocenters. The monoisotopic (exact) mass is 551 g/mol. The molecule has 0 aliphatic carbocycles. The molecule has 0 bridgehead atoms. The molecule has 13 nitrogen and oxygen atoms in total. The Hall–Kier alpha value is -4.91. The van der Waals surface area contributed by atoms with Crippen LogP contribution in [0.5, 0.6) is 0 Å². The highest BCUT2D eigenvalue weighted by Gasteiger charge is 2.48. The van der Waals surface area contributed by atoms with Crippen LogP contribution in [0.2, 0.25) is 0 Å². The normalized spacial score (nSPS) is 17.1. The number of amidine groups is 1. The number of nitrogens with two attached hydrogens (primary N) is 2. The van der Waals surface area contributed by atoms with E-state index in [1.54, 1.807) is 30.3 Å². The number of nitrogen functional groups attached to an aromatic ring is 1. The first-order valence-corrected chi connectivity index (χ1v) is 12.2. The van der Waals surface area contributed by atoms with E-state index in [2.05, 4.69) is 0 Å². The fourth-order valence-corrected chi connectivity index (χ4v) is 4.55. The van der Waals surface area contributed by atoms with Gasteiger partial charge in [-0.05, 0) is 31.0 Å². The summed E-state index contributed by atoms with van der Waals surface area (Å²) < 4.78 is 0. The molecule has 210 valence electrons. The maximum atomic E-state index is 13.6. The predicted molar refractivity (Wildman–Crippen MR) is 141 cm³/mol. The molecule has 7 N–H and O–H groups in total. The lowest BCUT2D eigenvalue weighted by molar-refractivity contribution is -0.151. The number of likely N-dealkylation sites (tertiary alicyclic amines) is 1. The molecule has 0 radical (unpaired) electrons. The number of amides is 3. The minimum absolute atomic E-state index is 0.0350. The Bertz CT molecular complexity index is 1340. The van der Waals surface area contributed by atoms with Crippen LogP contribution >= 0.6 is 0 Å². The van der Waals surface area contributed by atoms with Crippen LogP contribution in [0.3, 0.4) is 0 Å². The molecular weight excluding hydrogens is 522 g/mol. The van der Waals surface area contributed by atoms with E-state index in [1.165, 1.54) is 31.2 Å². The zero-order chi connectivity index (χ0) is 29.7. The summed E-state index contributed by atoms with van der Waals surface area (Å²) in [6.07, 6.45) is -0.884. The zero-order valence-corrected chi connectivity index (χ0v) is 21.5. The maximum Gasteiger partial charge on any atom is 0.334 e. The van der Waals surface area contributed by atoms with Crippen LogP contribution in [-0.4, -0.2) is 74.5 Å². The molecule has 1 heterocycles. The van der Waals surface area contributed by atoms with Crippen molar-refractivity contribution in [1.82, 2.24) is 4.90 Å². The lowest BCUT2D eigenvalue weighted by atomic mass is 9.97. The van der Waals surface area contributed by atoms with Crippen molar-refractivity contribution in [3.63, 3.8) is 0 Å². The van der Waals surface area contributed by atoms with Crippen molar-refractivity contribution in [2.24, 2.45) is 17.4 Å². The van der Waals surface area contributed by atoms with Crippen LogP contribution in [-0.2, 0) is 35.2 Å². The zero-order valence-electron chi connectivity index (χ0n) is 21.5. The van der Waals surface area contributed by atoms with Crippen LogP contribution in [0, 0.1) is 11.3 Å². The van der Waals surface area contributed by atoms with Gasteiger partial charge in [0.05, 0.1) is 24.4 Å². The van der Waals surface area contributed by atoms with Crippen molar-refractivity contribution in [2.75, 3.05) is 4.90 Å². The second kappa shape index (κ2) is 12.3. The van der Waals surface area contributed by atoms with Gasteiger partial charge in [0.25, 0.3) is 0 Å². The van der Waals surface area contributed by atoms with E-state index in [4.69, 9.17) is 22.0 Å². The average molecular weight is 552 g/mol. The van der Waals surface area contributed by atoms with Crippen LogP contribution < -0.4 is 16.4 Å². The first-order chi connectivity index (χ1) is 18.8. The number of carbonyl (C=O) groups is 6. The number of carboxylic acids is 2. The lowest BCUT2D eigenvalue weighted by Gasteiger charge is -2.33. The second-order valence-corrected chi connectivity index (χ2v) is 9.39. The summed E-state index contributed by atoms with van der Waals surface area (Å²) in [5, 5.41) is 26.6. The summed E-state index contributed by atoms with van der Waals surface area (Å²) in [6, 6.07) is 8.33. The third-order valence-electron chi connectivity index (χ3n) is 6.57. The SMILES string of the molecule is CC(C(=O)[C@@H](C(=O)O)N(C(=O)[C@@H](N)CC(=O)O)c1ccccc1)N1C(=O)CC(Cc2ccc(C(=N)N)cc2)C1=O. The number of carbonyl (C=O) groups excluding carboxylic acids is 4. The van der Waals surface area contributed by atoms with Crippen molar-refractivity contribution in [3.8, 4) is 0 Å². The van der Waals surface area contributed by atoms with E-state index in [9.17, 15) is 33.9 Å². The summed E-state index contributed by atoms with van der Waals surface area (Å²) in [6.45, 7) is 1.20. The lowest BCUT2D eigenvalue weighted by Crippen LogP contribution is -2.59. The maximum absolute atomic E-state index is 13.6. The number of imide groups is 1. The number of carboxylic acid groups (broad SMARTS) is 2. The number of benzene rings is 2. The number of aliphatic carboxylic acids is 2. The van der Waals surface area contributed by atoms with Gasteiger partial charge in [0.15, 0.2) is 11.8 Å². The molecule has 13 heteroatoms. The van der Waals surface area contributed by atoms with Gasteiger partial charge < -0.3 is 21.7 Å². The Morgan fingerprint density at radius 3 is 2.17 bits per heavy atom. The van der Waals surface area contributed by atoms with Gasteiger partial charge in [-0.3, -0.25) is 39.2 Å². The topological polar surface area (TPSA) is 225 Å². The molecule has 1 aliphatic rings. The van der Waals surface area contributed by atoms with E-state index in [1.807, 2.05) is 0 Å². The molecule has 0 spiro atoms. The standard InChI is InChI=1S/C27H29N5O8/c1-14(31-20(33)12-17(25(31)37)11-15-7-9-16(10-8-15)24(29)30)23(36)22(27(39)40)32(18-5-3-2-4-6-18)26(38)19(28)13-21(34)35/h2-10,14,17,19,22H,11-13,28H2,1H3,(H3,29,30)(H,34,35)(H,39,40)/t14?,17?,19-,22-/m0/s1. The number of anilines is 1. The highest BCUT2D eigenvalue weighted by Crippen LogP contribution is 2.28. The molecule has 3 amide bonds. The molecule has 1 aliphatic heterocycles. The smallest absolute Gasteiger partial charge is 0.334 e. The molecule has 3 rings (SSSR count). The summed E-state index contributed by atoms with van der Waals surface area (Å²) >= 11 is 0. The van der Waals surface area contributed by atoms with Gasteiger partial charge in [-0.1, -0.05) is 42.5 Å². The third kappa shape index (κ3) is 6.38. The van der Waals surface area contributed by atoms with E-state index >= 15 is 0 Å². The second-order valence-electron chi connectivity index (χ2n) is 9.39. The minimum atomic E-state index is -2.21. The van der Waals surface area contributed by atoms with Gasteiger partial charge in [-0.2, -0.15) is 0 Å². The molecular formula is C27H29N5O8. The van der Waals surface area contributed by atoms with E-state index in [0.717, 1.165) is 0 Å². The number of Topliss-reactive ketones (excluding diaryl/α,β-unsaturated/α-hetero) is 1. The number of hydrogen-bond donors (Lipinski definition) is 5.